The molecule has 5 N–H and O–H groups in total. The van der Waals surface area contributed by atoms with Crippen LogP contribution in [0.3, 0.4) is 0 Å². The van der Waals surface area contributed by atoms with Gasteiger partial charge in [-0.2, -0.15) is 0 Å². The van der Waals surface area contributed by atoms with Gasteiger partial charge in [0.25, 0.3) is 0 Å². The molecule has 1 aromatic heterocycles. The topological polar surface area (TPSA) is 127 Å². The zero-order valence-electron chi connectivity index (χ0n) is 23.5. The van der Waals surface area contributed by atoms with Crippen molar-refractivity contribution in [1.82, 2.24) is 10.3 Å². The molecule has 0 fully saturated rings. The number of aromatic nitrogens is 1. The van der Waals surface area contributed by atoms with Crippen LogP contribution in [0.1, 0.15) is 36.0 Å². The number of aliphatic hydroxyl groups excluding tert-OH is 1. The molecule has 41 heavy (non-hydrogen) atoms. The minimum absolute atomic E-state index is 0.165. The summed E-state index contributed by atoms with van der Waals surface area (Å²) in [7, 11) is 1.60. The summed E-state index contributed by atoms with van der Waals surface area (Å²) in [6.45, 7) is 0.0229. The summed E-state index contributed by atoms with van der Waals surface area (Å²) in [5, 5.41) is 12.8. The summed E-state index contributed by atoms with van der Waals surface area (Å²) in [6.07, 6.45) is 4.60. The molecule has 1 amide bonds. The fourth-order valence-electron chi connectivity index (χ4n) is 4.95. The summed E-state index contributed by atoms with van der Waals surface area (Å²) in [5.74, 6) is 0.191. The number of rotatable bonds is 16. The van der Waals surface area contributed by atoms with E-state index in [9.17, 15) is 9.59 Å². The van der Waals surface area contributed by atoms with Crippen LogP contribution in [0.15, 0.2) is 79.0 Å². The lowest BCUT2D eigenvalue weighted by Gasteiger charge is -2.24. The van der Waals surface area contributed by atoms with Crippen molar-refractivity contribution in [3.8, 4) is 11.5 Å². The number of Topliss-reactive ketones (excluding diaryl/α,β-unsaturated/α-hetero) is 1. The number of ether oxygens (including phenoxy) is 2. The van der Waals surface area contributed by atoms with Crippen LogP contribution in [-0.4, -0.2) is 48.3 Å². The first-order valence-corrected chi connectivity index (χ1v) is 14.1. The van der Waals surface area contributed by atoms with Gasteiger partial charge in [-0.15, -0.1) is 0 Å². The van der Waals surface area contributed by atoms with Gasteiger partial charge in [0.15, 0.2) is 5.78 Å². The molecule has 2 atom stereocenters. The maximum absolute atomic E-state index is 13.5. The Labute approximate surface area is 240 Å². The highest BCUT2D eigenvalue weighted by atomic mass is 16.5. The number of carbonyl (C=O) groups excluding carboxylic acids is 2. The summed E-state index contributed by atoms with van der Waals surface area (Å²) in [4.78, 5) is 29.6. The second kappa shape index (κ2) is 15.0. The number of fused-ring (bicyclic) bond motifs is 1. The van der Waals surface area contributed by atoms with Crippen molar-refractivity contribution in [3.63, 3.8) is 0 Å². The Bertz CT molecular complexity index is 1420. The Morgan fingerprint density at radius 3 is 2.49 bits per heavy atom. The van der Waals surface area contributed by atoms with Gasteiger partial charge in [0.2, 0.25) is 5.91 Å². The Morgan fingerprint density at radius 2 is 1.71 bits per heavy atom. The Hall–Kier alpha value is -4.14. The van der Waals surface area contributed by atoms with Gasteiger partial charge < -0.3 is 30.6 Å². The lowest BCUT2D eigenvalue weighted by Crippen LogP contribution is -2.51. The number of para-hydroxylation sites is 2. The highest BCUT2D eigenvalue weighted by Crippen LogP contribution is 2.23. The molecule has 0 radical (unpaired) electrons. The average Bonchev–Trinajstić information content (AvgIpc) is 3.41. The minimum Gasteiger partial charge on any atom is -0.496 e. The molecule has 3 aromatic carbocycles. The van der Waals surface area contributed by atoms with Crippen molar-refractivity contribution < 1.29 is 24.2 Å². The van der Waals surface area contributed by atoms with Crippen molar-refractivity contribution >= 4 is 22.6 Å². The molecule has 216 valence electrons. The predicted molar refractivity (Wildman–Crippen MR) is 160 cm³/mol. The molecular weight excluding hydrogens is 518 g/mol. The van der Waals surface area contributed by atoms with Crippen LogP contribution in [0.4, 0.5) is 0 Å². The molecule has 2 unspecified atom stereocenters. The van der Waals surface area contributed by atoms with Gasteiger partial charge in [0.1, 0.15) is 18.1 Å². The zero-order chi connectivity index (χ0) is 29.0. The van der Waals surface area contributed by atoms with Crippen LogP contribution in [0.25, 0.3) is 10.9 Å². The molecule has 0 aliphatic heterocycles. The molecular formula is C33H39N3O5. The van der Waals surface area contributed by atoms with Crippen molar-refractivity contribution in [2.75, 3.05) is 20.3 Å². The molecule has 0 saturated carbocycles. The average molecular weight is 558 g/mol. The number of hydrogen-bond acceptors (Lipinski definition) is 6. The van der Waals surface area contributed by atoms with Gasteiger partial charge in [0, 0.05) is 30.1 Å². The SMILES string of the molecule is COc1ccccc1CCC(=O)NC(N)C(Cc1c[nH]c2ccccc12)C(=O)COc1ccc(CCCCO)cc1. The Balaban J connectivity index is 1.41. The van der Waals surface area contributed by atoms with Crippen LogP contribution in [-0.2, 0) is 28.9 Å². The number of methoxy groups -OCH3 is 1. The molecule has 4 rings (SSSR count). The number of nitrogens with one attached hydrogen (secondary N) is 2. The number of H-pyrrole nitrogens is 1. The third-order valence-electron chi connectivity index (χ3n) is 7.28. The fourth-order valence-corrected chi connectivity index (χ4v) is 4.95. The number of carbonyl (C=O) groups is 2. The monoisotopic (exact) mass is 557 g/mol. The molecule has 0 saturated heterocycles. The van der Waals surface area contributed by atoms with Crippen molar-refractivity contribution in [3.05, 3.63) is 95.7 Å². The first-order chi connectivity index (χ1) is 20.0. The normalized spacial score (nSPS) is 12.6. The van der Waals surface area contributed by atoms with Gasteiger partial charge in [-0.05, 0) is 73.1 Å². The minimum atomic E-state index is -0.890. The fraction of sp³-hybridized carbons (Fsp3) is 0.333. The second-order valence-electron chi connectivity index (χ2n) is 10.2. The van der Waals surface area contributed by atoms with Gasteiger partial charge in [-0.1, -0.05) is 48.5 Å². The molecule has 0 spiro atoms. The molecule has 1 heterocycles. The molecule has 8 heteroatoms. The van der Waals surface area contributed by atoms with Crippen molar-refractivity contribution in [1.29, 1.82) is 0 Å². The second-order valence-corrected chi connectivity index (χ2v) is 10.2. The lowest BCUT2D eigenvalue weighted by molar-refractivity contribution is -0.127. The van der Waals surface area contributed by atoms with Gasteiger partial charge in [-0.25, -0.2) is 0 Å². The van der Waals surface area contributed by atoms with Gasteiger partial charge in [0.05, 0.1) is 19.2 Å². The van der Waals surface area contributed by atoms with Crippen LogP contribution in [0.2, 0.25) is 0 Å². The summed E-state index contributed by atoms with van der Waals surface area (Å²) in [6, 6.07) is 23.1. The summed E-state index contributed by atoms with van der Waals surface area (Å²) < 4.78 is 11.2. The summed E-state index contributed by atoms with van der Waals surface area (Å²) >= 11 is 0. The third-order valence-corrected chi connectivity index (χ3v) is 7.28. The van der Waals surface area contributed by atoms with Crippen LogP contribution < -0.4 is 20.5 Å². The number of nitrogens with two attached hydrogens (primary N) is 1. The largest absolute Gasteiger partial charge is 0.496 e. The summed E-state index contributed by atoms with van der Waals surface area (Å²) in [5.41, 5.74) is 10.5. The first kappa shape index (κ1) is 29.8. The standard InChI is InChI=1S/C33H39N3O5/c1-40-31-12-5-2-9-24(31)15-18-32(39)36-33(34)28(20-25-21-35-29-11-4-3-10-27(25)29)30(38)22-41-26-16-13-23(14-17-26)8-6-7-19-37/h2-5,9-14,16-17,21,28,33,35,37H,6-8,15,18-20,22,34H2,1H3,(H,36,39). The number of aliphatic hydroxyl groups is 1. The van der Waals surface area contributed by atoms with E-state index in [1.165, 1.54) is 0 Å². The molecule has 0 aliphatic carbocycles. The van der Waals surface area contributed by atoms with Crippen LogP contribution in [0, 0.1) is 5.92 Å². The smallest absolute Gasteiger partial charge is 0.221 e. The quantitative estimate of drug-likeness (QED) is 0.120. The van der Waals surface area contributed by atoms with E-state index in [0.717, 1.165) is 52.6 Å². The highest BCUT2D eigenvalue weighted by molar-refractivity contribution is 5.87. The highest BCUT2D eigenvalue weighted by Gasteiger charge is 2.28. The maximum atomic E-state index is 13.5. The predicted octanol–water partition coefficient (Wildman–Crippen LogP) is 4.33. The number of benzene rings is 3. The number of ketones is 1. The van der Waals surface area contributed by atoms with Crippen LogP contribution in [0.5, 0.6) is 11.5 Å². The zero-order valence-corrected chi connectivity index (χ0v) is 23.5. The van der Waals surface area contributed by atoms with Crippen molar-refractivity contribution in [2.24, 2.45) is 11.7 Å². The van der Waals surface area contributed by atoms with E-state index in [4.69, 9.17) is 20.3 Å². The Morgan fingerprint density at radius 1 is 0.951 bits per heavy atom. The number of hydrogen-bond donors (Lipinski definition) is 4. The number of aromatic amines is 1. The van der Waals surface area contributed by atoms with E-state index in [2.05, 4.69) is 10.3 Å². The maximum Gasteiger partial charge on any atom is 0.221 e. The van der Waals surface area contributed by atoms with Crippen LogP contribution >= 0.6 is 0 Å². The van der Waals surface area contributed by atoms with E-state index in [1.54, 1.807) is 7.11 Å². The number of aryl methyl sites for hydroxylation is 2. The van der Waals surface area contributed by atoms with E-state index >= 15 is 0 Å². The molecule has 4 aromatic rings. The Kier molecular flexibility index (Phi) is 10.9. The molecule has 8 nitrogen and oxygen atoms in total. The molecule has 0 aliphatic rings. The van der Waals surface area contributed by atoms with Crippen molar-refractivity contribution in [2.45, 2.75) is 44.7 Å². The lowest BCUT2D eigenvalue weighted by atomic mass is 9.92. The molecule has 0 bridgehead atoms. The van der Waals surface area contributed by atoms with E-state index in [-0.39, 0.29) is 31.3 Å². The van der Waals surface area contributed by atoms with E-state index in [1.807, 2.05) is 79.0 Å². The number of amides is 1. The van der Waals surface area contributed by atoms with Gasteiger partial charge >= 0.3 is 0 Å². The third kappa shape index (κ3) is 8.42. The number of unbranched alkanes of at least 4 members (excludes halogenated alkanes) is 1. The first-order valence-electron chi connectivity index (χ1n) is 14.1. The van der Waals surface area contributed by atoms with Gasteiger partial charge in [-0.3, -0.25) is 9.59 Å². The van der Waals surface area contributed by atoms with E-state index in [0.29, 0.717) is 18.6 Å². The van der Waals surface area contributed by atoms with E-state index < -0.39 is 12.1 Å².